The summed E-state index contributed by atoms with van der Waals surface area (Å²) in [5.41, 5.74) is 62.0. The largest absolute Gasteiger partial charge is 0.367 e. The van der Waals surface area contributed by atoms with Gasteiger partial charge in [0.2, 0.25) is 0 Å². The topological polar surface area (TPSA) is 243 Å². The Hall–Kier alpha value is -0.400. The predicted octanol–water partition coefficient (Wildman–Crippen LogP) is 17.1. The molecule has 21 aliphatic rings. The fraction of sp³-hybridized carbons (Fsp3) is 1.00. The summed E-state index contributed by atoms with van der Waals surface area (Å²) in [5.74, 6) is 9.85. The van der Waals surface area contributed by atoms with Crippen molar-refractivity contribution >= 4 is 0 Å². The number of hydrogen-bond acceptors (Lipinski definition) is 10. The van der Waals surface area contributed by atoms with Gasteiger partial charge in [0.15, 0.2) is 0 Å². The first-order valence-corrected chi connectivity index (χ1v) is 41.0. The normalized spacial score (nSPS) is 61.6. The third-order valence-corrected chi connectivity index (χ3v) is 36.7. The van der Waals surface area contributed by atoms with Gasteiger partial charge in [-0.05, 0) is 337 Å². The van der Waals surface area contributed by atoms with Crippen LogP contribution in [0.1, 0.15) is 338 Å². The van der Waals surface area contributed by atoms with Gasteiger partial charge in [0.25, 0.3) is 0 Å². The third kappa shape index (κ3) is 13.6. The molecule has 19 aliphatic carbocycles. The lowest BCUT2D eigenvalue weighted by Crippen LogP contribution is -2.61. The molecule has 0 aromatic carbocycles. The molecule has 0 aromatic heterocycles. The Morgan fingerprint density at radius 1 is 0.368 bits per heavy atom. The molecule has 0 aromatic rings. The zero-order valence-electron chi connectivity index (χ0n) is 66.2. The van der Waals surface area contributed by atoms with E-state index in [2.05, 4.69) is 145 Å². The Morgan fingerprint density at radius 2 is 0.916 bits per heavy atom. The second-order valence-electron chi connectivity index (χ2n) is 44.6. The van der Waals surface area contributed by atoms with Gasteiger partial charge < -0.3 is 56.3 Å². The Labute approximate surface area is 586 Å². The highest BCUT2D eigenvalue weighted by Crippen LogP contribution is 2.73. The monoisotopic (exact) mass is 1320 g/mol. The van der Waals surface area contributed by atoms with E-state index in [1.165, 1.54) is 180 Å². The zero-order valence-corrected chi connectivity index (χ0v) is 66.2. The molecule has 32 atom stereocenters. The minimum Gasteiger partial charge on any atom is -0.367 e. The van der Waals surface area contributed by atoms with Crippen molar-refractivity contribution in [2.24, 2.45) is 182 Å². The number of ether oxygens (including phenoxy) is 1. The van der Waals surface area contributed by atoms with E-state index in [4.69, 9.17) is 56.3 Å². The summed E-state index contributed by atoms with van der Waals surface area (Å²) in [7, 11) is 0. The van der Waals surface area contributed by atoms with Crippen LogP contribution in [0.3, 0.4) is 0 Å². The average molecular weight is 1320 g/mol. The Bertz CT molecular complexity index is 2630. The molecule has 0 spiro atoms. The molecular formula is C85H159N9O. The van der Waals surface area contributed by atoms with Gasteiger partial charge in [0, 0.05) is 53.4 Å². The smallest absolute Gasteiger partial charge is 0.0814 e. The van der Waals surface area contributed by atoms with E-state index in [0.717, 1.165) is 88.8 Å². The molecule has 2 heterocycles. The fourth-order valence-corrected chi connectivity index (χ4v) is 26.8. The lowest BCUT2D eigenvalue weighted by Gasteiger charge is -2.70. The van der Waals surface area contributed by atoms with Crippen LogP contribution in [0.5, 0.6) is 0 Å². The molecule has 10 heteroatoms. The van der Waals surface area contributed by atoms with Gasteiger partial charge in [-0.3, -0.25) is 0 Å². The third-order valence-electron chi connectivity index (χ3n) is 36.7. The molecule has 21 rings (SSSR count). The summed E-state index contributed by atoms with van der Waals surface area (Å²) in [4.78, 5) is 0. The van der Waals surface area contributed by atoms with E-state index in [-0.39, 0.29) is 22.8 Å². The quantitative estimate of drug-likeness (QED) is 0.111. The number of hydrogen-bond donors (Lipinski definition) is 9. The molecule has 32 unspecified atom stereocenters. The molecule has 8 bridgehead atoms. The van der Waals surface area contributed by atoms with Crippen LogP contribution < -0.4 is 51.6 Å². The number of rotatable bonds is 0. The van der Waals surface area contributed by atoms with Crippen molar-refractivity contribution in [2.75, 3.05) is 0 Å². The van der Waals surface area contributed by atoms with Gasteiger partial charge in [-0.15, -0.1) is 0 Å². The summed E-state index contributed by atoms with van der Waals surface area (Å²) < 4.78 is 5.83. The standard InChI is InChI=1S/C10H19N.2C9H17N.C9H16.C8H15NO.5C8H15N/c1-9-3-5-10(2,6-4-9)8(11)7-9;2*1-8-3-4-9(2,6-8)7(10)5-8;1-7-6-8(2)4-5-9(7,8)3;1-7-3-4-8(2,10-7)6(9)5-7;1-5-6-3-8(6,2)4-7(5)9;1-5-3-7(9)8(2)4-6(5)8;1-5-3-7-6(2)8(7,9)4-5;1-6-3-4-7(2)5-8(6,7)9;1-5-3-4-8(2)6(5)7(8)9/h8H,3-7,11H2,1-2H3;2*7H,3-6,10H2,1-2H3;7H,4-6H2,1-3H3;6H,3-5,9H2,1-2H3;3*5-7H,3-4,9H2,1-2H3;6H,3-5,9H2,1-2H3;5-7H,3-4,9H2,1-2H3. The van der Waals surface area contributed by atoms with Gasteiger partial charge in [-0.1, -0.05) is 132 Å². The molecule has 18 N–H and O–H groups in total. The maximum Gasteiger partial charge on any atom is 0.0814 e. The Kier molecular flexibility index (Phi) is 19.6. The highest BCUT2D eigenvalue weighted by atomic mass is 16.5. The van der Waals surface area contributed by atoms with Gasteiger partial charge in [0.05, 0.1) is 11.2 Å². The minimum atomic E-state index is 0.00868. The van der Waals surface area contributed by atoms with Crippen LogP contribution in [0, 0.1) is 130 Å². The number of nitrogens with two attached hydrogens (primary N) is 9. The van der Waals surface area contributed by atoms with E-state index < -0.39 is 0 Å². The van der Waals surface area contributed by atoms with Crippen molar-refractivity contribution in [3.05, 3.63) is 0 Å². The SMILES string of the molecule is CC12CCC(C)(C1)C(N)C2.CC12CCC(C)(C1)C(N)C2.CC12CCC(C)(CC1)C(N)C2.CC12CCC(C)(O1)C(N)C2.CC1C(N)CC2(C)CC12.CC1CC(N)C2(C)CC12.CC1CC2(C)CCC12C.CC1CC2C(C)C2(N)C1.CC1CCC2(C)C(N)C12.CC1CCC2(C)CC12N. The zero-order chi connectivity index (χ0) is 70.3. The summed E-state index contributed by atoms with van der Waals surface area (Å²) in [5, 5.41) is 0. The van der Waals surface area contributed by atoms with Crippen LogP contribution in [-0.2, 0) is 4.74 Å². The number of fused-ring (bicyclic) bond motifs is 15. The Morgan fingerprint density at radius 3 is 1.09 bits per heavy atom. The molecule has 0 amide bonds. The van der Waals surface area contributed by atoms with Crippen LogP contribution in [-0.4, -0.2) is 64.6 Å². The lowest BCUT2D eigenvalue weighted by molar-refractivity contribution is -0.201. The molecular weight excluding hydrogens is 1160 g/mol. The summed E-state index contributed by atoms with van der Waals surface area (Å²) in [6, 6.07) is 3.30. The maximum atomic E-state index is 6.14. The van der Waals surface area contributed by atoms with Crippen molar-refractivity contribution in [1.29, 1.82) is 0 Å². The highest BCUT2D eigenvalue weighted by Gasteiger charge is 2.69. The molecule has 95 heavy (non-hydrogen) atoms. The molecule has 2 saturated heterocycles. The highest BCUT2D eigenvalue weighted by molar-refractivity contribution is 5.24. The first kappa shape index (κ1) is 75.7. The van der Waals surface area contributed by atoms with Crippen LogP contribution in [0.15, 0.2) is 0 Å². The summed E-state index contributed by atoms with van der Waals surface area (Å²) in [6.07, 6.45) is 40.4. The molecule has 19 saturated carbocycles. The van der Waals surface area contributed by atoms with Crippen LogP contribution in [0.25, 0.3) is 0 Å². The molecule has 0 radical (unpaired) electrons. The Balaban J connectivity index is 0.000000108. The summed E-state index contributed by atoms with van der Waals surface area (Å²) in [6.45, 7) is 49.2. The first-order valence-electron chi connectivity index (χ1n) is 41.0. The van der Waals surface area contributed by atoms with E-state index in [0.29, 0.717) is 95.9 Å². The molecule has 2 aliphatic heterocycles. The van der Waals surface area contributed by atoms with Gasteiger partial charge in [-0.2, -0.15) is 0 Å². The second-order valence-corrected chi connectivity index (χ2v) is 44.6. The molecule has 21 fully saturated rings. The van der Waals surface area contributed by atoms with Crippen molar-refractivity contribution in [3.63, 3.8) is 0 Å². The second kappa shape index (κ2) is 24.6. The van der Waals surface area contributed by atoms with E-state index in [1.807, 2.05) is 0 Å². The van der Waals surface area contributed by atoms with Crippen LogP contribution in [0.2, 0.25) is 0 Å². The first-order chi connectivity index (χ1) is 43.4. The maximum absolute atomic E-state index is 6.14. The van der Waals surface area contributed by atoms with Crippen molar-refractivity contribution in [1.82, 2.24) is 0 Å². The average Bonchev–Trinajstić information content (AvgIpc) is 1.64. The van der Waals surface area contributed by atoms with Crippen LogP contribution in [0.4, 0.5) is 0 Å². The van der Waals surface area contributed by atoms with Crippen molar-refractivity contribution in [2.45, 2.75) is 403 Å². The van der Waals surface area contributed by atoms with E-state index >= 15 is 0 Å². The van der Waals surface area contributed by atoms with E-state index in [9.17, 15) is 0 Å². The summed E-state index contributed by atoms with van der Waals surface area (Å²) >= 11 is 0. The lowest BCUT2D eigenvalue weighted by atomic mass is 9.35. The van der Waals surface area contributed by atoms with Gasteiger partial charge in [0.1, 0.15) is 0 Å². The molecule has 10 nitrogen and oxygen atoms in total. The van der Waals surface area contributed by atoms with E-state index in [1.54, 1.807) is 0 Å². The predicted molar refractivity (Wildman–Crippen MR) is 401 cm³/mol. The van der Waals surface area contributed by atoms with Gasteiger partial charge >= 0.3 is 0 Å². The van der Waals surface area contributed by atoms with Crippen molar-refractivity contribution in [3.8, 4) is 0 Å². The molecule has 550 valence electrons. The fourth-order valence-electron chi connectivity index (χ4n) is 26.8. The van der Waals surface area contributed by atoms with Crippen LogP contribution >= 0.6 is 0 Å². The van der Waals surface area contributed by atoms with Crippen molar-refractivity contribution < 1.29 is 4.74 Å². The minimum absolute atomic E-state index is 0.00868. The van der Waals surface area contributed by atoms with Gasteiger partial charge in [-0.25, -0.2) is 0 Å².